The van der Waals surface area contributed by atoms with Gasteiger partial charge in [0.2, 0.25) is 6.41 Å². The predicted octanol–water partition coefficient (Wildman–Crippen LogP) is 3.54. The molecule has 134 valence electrons. The summed E-state index contributed by atoms with van der Waals surface area (Å²) in [4.78, 5) is 24.6. The van der Waals surface area contributed by atoms with Gasteiger partial charge in [-0.15, -0.1) is 6.58 Å². The first-order valence-electron chi connectivity index (χ1n) is 9.00. The van der Waals surface area contributed by atoms with E-state index < -0.39 is 0 Å². The maximum absolute atomic E-state index is 13.6. The van der Waals surface area contributed by atoms with Crippen LogP contribution in [0.4, 0.5) is 5.69 Å². The molecule has 2 N–H and O–H groups in total. The van der Waals surface area contributed by atoms with Crippen molar-refractivity contribution in [3.8, 4) is 0 Å². The first-order chi connectivity index (χ1) is 11.8. The second-order valence-corrected chi connectivity index (χ2v) is 8.22. The van der Waals surface area contributed by atoms with Crippen molar-refractivity contribution < 1.29 is 9.59 Å². The van der Waals surface area contributed by atoms with Crippen LogP contribution in [0.1, 0.15) is 49.5 Å². The summed E-state index contributed by atoms with van der Waals surface area (Å²) in [5.41, 5.74) is 2.08. The molecule has 0 aromatic heterocycles. The number of Topliss-reactive ketones (excluding diaryl/α,β-unsaturated/α-hetero) is 1. The minimum absolute atomic E-state index is 0.0352. The lowest BCUT2D eigenvalue weighted by atomic mass is 9.50. The Hall–Kier alpha value is -1.94. The van der Waals surface area contributed by atoms with Gasteiger partial charge in [0.05, 0.1) is 5.69 Å². The molecule has 3 rings (SSSR count). The molecule has 1 saturated carbocycles. The summed E-state index contributed by atoms with van der Waals surface area (Å²) in [7, 11) is 1.93. The Morgan fingerprint density at radius 1 is 1.28 bits per heavy atom. The maximum Gasteiger partial charge on any atom is 0.211 e. The van der Waals surface area contributed by atoms with Gasteiger partial charge in [0, 0.05) is 22.9 Å². The van der Waals surface area contributed by atoms with E-state index in [1.165, 1.54) is 0 Å². The molecule has 1 aromatic carbocycles. The summed E-state index contributed by atoms with van der Waals surface area (Å²) in [6.45, 7) is 10.7. The van der Waals surface area contributed by atoms with Gasteiger partial charge < -0.3 is 10.6 Å². The Morgan fingerprint density at radius 2 is 2.00 bits per heavy atom. The topological polar surface area (TPSA) is 58.2 Å². The number of fused-ring (bicyclic) bond motifs is 2. The molecule has 4 atom stereocenters. The molecule has 4 unspecified atom stereocenters. The van der Waals surface area contributed by atoms with E-state index >= 15 is 0 Å². The normalized spacial score (nSPS) is 33.1. The fourth-order valence-corrected chi connectivity index (χ4v) is 5.23. The summed E-state index contributed by atoms with van der Waals surface area (Å²) in [6.07, 6.45) is 4.65. The van der Waals surface area contributed by atoms with Crippen molar-refractivity contribution in [2.45, 2.75) is 45.1 Å². The van der Waals surface area contributed by atoms with E-state index in [9.17, 15) is 9.59 Å². The zero-order valence-electron chi connectivity index (χ0n) is 15.6. The third-order valence-corrected chi connectivity index (χ3v) is 6.72. The Labute approximate surface area is 150 Å². The number of anilines is 1. The van der Waals surface area contributed by atoms with Gasteiger partial charge in [0.25, 0.3) is 0 Å². The van der Waals surface area contributed by atoms with Crippen molar-refractivity contribution in [3.63, 3.8) is 0 Å². The molecule has 0 spiro atoms. The minimum Gasteiger partial charge on any atom is -0.328 e. The molecular formula is C21H28N2O2. The molecule has 0 heterocycles. The van der Waals surface area contributed by atoms with Crippen molar-refractivity contribution in [2.75, 3.05) is 12.4 Å². The van der Waals surface area contributed by atoms with Gasteiger partial charge >= 0.3 is 0 Å². The SMILES string of the molecule is C=CC1(C)CCC2C(C(=O)c3c(NC=O)cccc3C2(C)C)C1NC. The number of hydrogen-bond acceptors (Lipinski definition) is 3. The van der Waals surface area contributed by atoms with Gasteiger partial charge in [-0.2, -0.15) is 0 Å². The number of carbonyl (C=O) groups is 2. The largest absolute Gasteiger partial charge is 0.328 e. The monoisotopic (exact) mass is 340 g/mol. The number of carbonyl (C=O) groups excluding carboxylic acids is 2. The molecule has 4 heteroatoms. The molecular weight excluding hydrogens is 312 g/mol. The average molecular weight is 340 g/mol. The van der Waals surface area contributed by atoms with Crippen LogP contribution in [0.2, 0.25) is 0 Å². The van der Waals surface area contributed by atoms with E-state index in [4.69, 9.17) is 0 Å². The van der Waals surface area contributed by atoms with E-state index in [2.05, 4.69) is 38.0 Å². The lowest BCUT2D eigenvalue weighted by Crippen LogP contribution is -2.60. The van der Waals surface area contributed by atoms with Crippen LogP contribution in [0.15, 0.2) is 30.9 Å². The zero-order chi connectivity index (χ0) is 18.4. The molecule has 2 aliphatic carbocycles. The lowest BCUT2D eigenvalue weighted by Gasteiger charge is -2.55. The van der Waals surface area contributed by atoms with Crippen LogP contribution in [0.5, 0.6) is 0 Å². The van der Waals surface area contributed by atoms with E-state index in [-0.39, 0.29) is 34.5 Å². The summed E-state index contributed by atoms with van der Waals surface area (Å²) >= 11 is 0. The quantitative estimate of drug-likeness (QED) is 0.651. The lowest BCUT2D eigenvalue weighted by molar-refractivity contribution is -0.105. The number of ketones is 1. The van der Waals surface area contributed by atoms with Crippen LogP contribution in [-0.2, 0) is 10.2 Å². The number of benzene rings is 1. The first kappa shape index (κ1) is 17.9. The summed E-state index contributed by atoms with van der Waals surface area (Å²) in [5, 5.41) is 6.14. The van der Waals surface area contributed by atoms with Crippen molar-refractivity contribution >= 4 is 17.9 Å². The van der Waals surface area contributed by atoms with Crippen LogP contribution in [-0.4, -0.2) is 25.3 Å². The average Bonchev–Trinajstić information content (AvgIpc) is 2.59. The second kappa shape index (κ2) is 6.10. The van der Waals surface area contributed by atoms with Gasteiger partial charge in [0.1, 0.15) is 0 Å². The first-order valence-corrected chi connectivity index (χ1v) is 9.00. The van der Waals surface area contributed by atoms with Crippen LogP contribution in [0, 0.1) is 17.3 Å². The molecule has 0 aliphatic heterocycles. The minimum atomic E-state index is -0.133. The fraction of sp³-hybridized carbons (Fsp3) is 0.524. The Morgan fingerprint density at radius 3 is 2.60 bits per heavy atom. The molecule has 25 heavy (non-hydrogen) atoms. The highest BCUT2D eigenvalue weighted by Gasteiger charge is 2.56. The Balaban J connectivity index is 2.21. The smallest absolute Gasteiger partial charge is 0.211 e. The number of hydrogen-bond donors (Lipinski definition) is 2. The van der Waals surface area contributed by atoms with Crippen LogP contribution in [0.25, 0.3) is 0 Å². The number of nitrogens with one attached hydrogen (secondary N) is 2. The van der Waals surface area contributed by atoms with E-state index in [0.29, 0.717) is 17.7 Å². The van der Waals surface area contributed by atoms with E-state index in [1.54, 1.807) is 0 Å². The van der Waals surface area contributed by atoms with Crippen LogP contribution >= 0.6 is 0 Å². The van der Waals surface area contributed by atoms with Gasteiger partial charge in [-0.1, -0.05) is 39.0 Å². The highest BCUT2D eigenvalue weighted by atomic mass is 16.1. The van der Waals surface area contributed by atoms with E-state index in [0.717, 1.165) is 18.4 Å². The third-order valence-electron chi connectivity index (χ3n) is 6.72. The van der Waals surface area contributed by atoms with Crippen molar-refractivity contribution in [1.82, 2.24) is 5.32 Å². The molecule has 0 saturated heterocycles. The zero-order valence-corrected chi connectivity index (χ0v) is 15.6. The summed E-state index contributed by atoms with van der Waals surface area (Å²) in [6, 6.07) is 5.81. The van der Waals surface area contributed by atoms with Crippen molar-refractivity contribution in [2.24, 2.45) is 17.3 Å². The number of amides is 1. The maximum atomic E-state index is 13.6. The summed E-state index contributed by atoms with van der Waals surface area (Å²) < 4.78 is 0. The summed E-state index contributed by atoms with van der Waals surface area (Å²) in [5.74, 6) is 0.278. The highest BCUT2D eigenvalue weighted by Crippen LogP contribution is 2.55. The van der Waals surface area contributed by atoms with E-state index in [1.807, 2.05) is 31.3 Å². The van der Waals surface area contributed by atoms with Crippen LogP contribution in [0.3, 0.4) is 0 Å². The molecule has 0 radical (unpaired) electrons. The highest BCUT2D eigenvalue weighted by molar-refractivity contribution is 6.07. The standard InChI is InChI=1S/C21H28N2O2/c1-6-21(4)11-10-14-17(19(21)22-5)18(25)16-13(20(14,2)3)8-7-9-15(16)23-12-24/h6-9,12,14,17,19,22H,1,10-11H2,2-5H3,(H,23,24). The molecule has 0 bridgehead atoms. The van der Waals surface area contributed by atoms with Crippen molar-refractivity contribution in [3.05, 3.63) is 42.0 Å². The van der Waals surface area contributed by atoms with Gasteiger partial charge in [0.15, 0.2) is 5.78 Å². The molecule has 2 aliphatic rings. The van der Waals surface area contributed by atoms with Crippen LogP contribution < -0.4 is 10.6 Å². The predicted molar refractivity (Wildman–Crippen MR) is 101 cm³/mol. The number of rotatable bonds is 4. The third kappa shape index (κ3) is 2.46. The van der Waals surface area contributed by atoms with Gasteiger partial charge in [-0.05, 0) is 42.9 Å². The molecule has 1 aromatic rings. The molecule has 4 nitrogen and oxygen atoms in total. The fourth-order valence-electron chi connectivity index (χ4n) is 5.23. The Bertz CT molecular complexity index is 725. The second-order valence-electron chi connectivity index (χ2n) is 8.22. The Kier molecular flexibility index (Phi) is 4.36. The molecule has 1 fully saturated rings. The van der Waals surface area contributed by atoms with Gasteiger partial charge in [-0.25, -0.2) is 0 Å². The molecule has 1 amide bonds. The van der Waals surface area contributed by atoms with Gasteiger partial charge in [-0.3, -0.25) is 9.59 Å². The van der Waals surface area contributed by atoms with Crippen molar-refractivity contribution in [1.29, 1.82) is 0 Å².